The van der Waals surface area contributed by atoms with Crippen LogP contribution >= 0.6 is 11.8 Å². The van der Waals surface area contributed by atoms with Gasteiger partial charge < -0.3 is 14.6 Å². The maximum atomic E-state index is 13.9. The predicted molar refractivity (Wildman–Crippen MR) is 125 cm³/mol. The van der Waals surface area contributed by atoms with Gasteiger partial charge >= 0.3 is 0 Å². The summed E-state index contributed by atoms with van der Waals surface area (Å²) in [7, 11) is 5.28. The first kappa shape index (κ1) is 22.8. The summed E-state index contributed by atoms with van der Waals surface area (Å²) in [6, 6.07) is 4.34. The van der Waals surface area contributed by atoms with E-state index in [0.29, 0.717) is 18.0 Å². The van der Waals surface area contributed by atoms with Crippen molar-refractivity contribution in [1.82, 2.24) is 24.3 Å². The van der Waals surface area contributed by atoms with Gasteiger partial charge in [0.25, 0.3) is 0 Å². The second-order valence-electron chi connectivity index (χ2n) is 7.74. The summed E-state index contributed by atoms with van der Waals surface area (Å²) in [6.45, 7) is 3.91. The van der Waals surface area contributed by atoms with Crippen molar-refractivity contribution in [2.45, 2.75) is 36.7 Å². The van der Waals surface area contributed by atoms with E-state index < -0.39 is 5.82 Å². The number of aromatic nitrogens is 5. The van der Waals surface area contributed by atoms with Crippen molar-refractivity contribution in [2.24, 2.45) is 14.1 Å². The molecule has 0 fully saturated rings. The number of aryl methyl sites for hydroxylation is 4. The van der Waals surface area contributed by atoms with Crippen molar-refractivity contribution in [3.8, 4) is 5.88 Å². The zero-order valence-electron chi connectivity index (χ0n) is 19.1. The number of ether oxygens (including phenoxy) is 1. The topological polar surface area (TPSA) is 86.9 Å². The molecule has 0 atom stereocenters. The molecule has 172 valence electrons. The third kappa shape index (κ3) is 4.56. The monoisotopic (exact) mass is 468 g/mol. The third-order valence-corrected chi connectivity index (χ3v) is 6.66. The van der Waals surface area contributed by atoms with Gasteiger partial charge in [-0.2, -0.15) is 0 Å². The number of pyridine rings is 1. The van der Waals surface area contributed by atoms with Gasteiger partial charge in [-0.15, -0.1) is 5.10 Å². The number of carbonyl (C=O) groups excluding carboxylic acids is 1. The number of halogens is 1. The first-order chi connectivity index (χ1) is 15.8. The summed E-state index contributed by atoms with van der Waals surface area (Å²) in [5.74, 6) is -0.113. The molecule has 8 nitrogen and oxygen atoms in total. The van der Waals surface area contributed by atoms with Gasteiger partial charge in [-0.1, -0.05) is 0 Å². The normalized spacial score (nSPS) is 11.2. The highest BCUT2D eigenvalue weighted by Crippen LogP contribution is 2.33. The summed E-state index contributed by atoms with van der Waals surface area (Å²) in [4.78, 5) is 22.5. The Morgan fingerprint density at radius 1 is 1.27 bits per heavy atom. The highest BCUT2D eigenvalue weighted by molar-refractivity contribution is 7.99. The average Bonchev–Trinajstić information content (AvgIpc) is 3.32. The molecule has 3 aromatic heterocycles. The molecule has 0 unspecified atom stereocenters. The largest absolute Gasteiger partial charge is 0.479 e. The van der Waals surface area contributed by atoms with Crippen molar-refractivity contribution < 1.29 is 13.9 Å². The van der Waals surface area contributed by atoms with Crippen molar-refractivity contribution >= 4 is 34.4 Å². The van der Waals surface area contributed by atoms with Crippen LogP contribution in [0.5, 0.6) is 5.88 Å². The fourth-order valence-corrected chi connectivity index (χ4v) is 4.67. The van der Waals surface area contributed by atoms with Gasteiger partial charge in [0.2, 0.25) is 11.8 Å². The number of nitrogens with one attached hydrogen (secondary N) is 1. The van der Waals surface area contributed by atoms with E-state index in [0.717, 1.165) is 37.9 Å². The van der Waals surface area contributed by atoms with Crippen LogP contribution in [0.4, 0.5) is 10.1 Å². The fourth-order valence-electron chi connectivity index (χ4n) is 3.80. The Balaban J connectivity index is 1.53. The van der Waals surface area contributed by atoms with Gasteiger partial charge in [0, 0.05) is 43.5 Å². The molecule has 4 rings (SSSR count). The van der Waals surface area contributed by atoms with Crippen LogP contribution in [0, 0.1) is 19.7 Å². The number of nitrogens with zero attached hydrogens (tertiary/aromatic N) is 5. The van der Waals surface area contributed by atoms with E-state index in [4.69, 9.17) is 4.74 Å². The molecule has 4 aromatic rings. The Hall–Kier alpha value is -3.40. The summed E-state index contributed by atoms with van der Waals surface area (Å²) < 4.78 is 22.9. The van der Waals surface area contributed by atoms with Crippen LogP contribution in [0.2, 0.25) is 0 Å². The van der Waals surface area contributed by atoms with E-state index in [-0.39, 0.29) is 12.3 Å². The number of imidazole rings is 1. The lowest BCUT2D eigenvalue weighted by atomic mass is 10.00. The molecule has 1 N–H and O–H groups in total. The molecule has 0 aliphatic heterocycles. The molecule has 0 aliphatic carbocycles. The Kier molecular flexibility index (Phi) is 6.37. The minimum Gasteiger partial charge on any atom is -0.479 e. The smallest absolute Gasteiger partial charge is 0.242 e. The molecule has 1 amide bonds. The summed E-state index contributed by atoms with van der Waals surface area (Å²) >= 11 is 1.36. The van der Waals surface area contributed by atoms with Gasteiger partial charge in [0.05, 0.1) is 18.2 Å². The lowest BCUT2D eigenvalue weighted by molar-refractivity contribution is -0.116. The van der Waals surface area contributed by atoms with Crippen molar-refractivity contribution in [3.05, 3.63) is 53.2 Å². The summed E-state index contributed by atoms with van der Waals surface area (Å²) in [5.41, 5.74) is 3.97. The number of fused-ring (bicyclic) bond motifs is 1. The van der Waals surface area contributed by atoms with Crippen LogP contribution in [-0.2, 0) is 25.3 Å². The van der Waals surface area contributed by atoms with E-state index in [2.05, 4.69) is 20.4 Å². The van der Waals surface area contributed by atoms with Crippen LogP contribution < -0.4 is 10.1 Å². The number of hydrogen-bond acceptors (Lipinski definition) is 6. The third-order valence-electron chi connectivity index (χ3n) is 5.51. The first-order valence-electron chi connectivity index (χ1n) is 10.4. The zero-order chi connectivity index (χ0) is 23.7. The van der Waals surface area contributed by atoms with E-state index in [9.17, 15) is 9.18 Å². The van der Waals surface area contributed by atoms with Gasteiger partial charge in [0.15, 0.2) is 10.8 Å². The van der Waals surface area contributed by atoms with Crippen molar-refractivity contribution in [3.63, 3.8) is 0 Å². The Morgan fingerprint density at radius 2 is 2.06 bits per heavy atom. The summed E-state index contributed by atoms with van der Waals surface area (Å²) in [6.07, 6.45) is 4.23. The summed E-state index contributed by atoms with van der Waals surface area (Å²) in [5, 5.41) is 8.81. The molecule has 0 radical (unpaired) electrons. The molecule has 33 heavy (non-hydrogen) atoms. The van der Waals surface area contributed by atoms with E-state index in [1.54, 1.807) is 24.1 Å². The molecule has 0 spiro atoms. The van der Waals surface area contributed by atoms with Crippen LogP contribution in [-0.4, -0.2) is 37.3 Å². The van der Waals surface area contributed by atoms with Gasteiger partial charge in [0.1, 0.15) is 5.82 Å². The zero-order valence-corrected chi connectivity index (χ0v) is 20.0. The maximum Gasteiger partial charge on any atom is 0.242 e. The standard InChI is InChI=1S/C23H25FN6O2S/c1-13-16(14(2)26-21-20(13)22(32-5)28-30(21)4)7-9-19(31)27-17-12-15(24)6-8-18(17)33-23-25-10-11-29(23)3/h6,8,10-12H,7,9H2,1-5H3,(H,27,31). The number of amides is 1. The van der Waals surface area contributed by atoms with E-state index >= 15 is 0 Å². The van der Waals surface area contributed by atoms with Crippen LogP contribution in [0.3, 0.4) is 0 Å². The maximum absolute atomic E-state index is 13.9. The highest BCUT2D eigenvalue weighted by Gasteiger charge is 2.19. The van der Waals surface area contributed by atoms with Crippen molar-refractivity contribution in [2.75, 3.05) is 12.4 Å². The number of hydrogen-bond donors (Lipinski definition) is 1. The molecule has 0 saturated heterocycles. The van der Waals surface area contributed by atoms with Crippen molar-refractivity contribution in [1.29, 1.82) is 0 Å². The minimum absolute atomic E-state index is 0.209. The molecule has 1 aromatic carbocycles. The quantitative estimate of drug-likeness (QED) is 0.438. The first-order valence-corrected chi connectivity index (χ1v) is 11.2. The van der Waals surface area contributed by atoms with E-state index in [1.165, 1.54) is 23.9 Å². The highest BCUT2D eigenvalue weighted by atomic mass is 32.2. The molecule has 0 bridgehead atoms. The molecule has 10 heteroatoms. The van der Waals surface area contributed by atoms with Crippen LogP contribution in [0.25, 0.3) is 11.0 Å². The SMILES string of the molecule is COc1nn(C)c2nc(C)c(CCC(=O)Nc3cc(F)ccc3Sc3nccn3C)c(C)c12. The number of rotatable bonds is 7. The molecule has 3 heterocycles. The van der Waals surface area contributed by atoms with Gasteiger partial charge in [-0.25, -0.2) is 19.0 Å². The number of benzene rings is 1. The number of carbonyl (C=O) groups is 1. The fraction of sp³-hybridized carbons (Fsp3) is 0.304. The van der Waals surface area contributed by atoms with Gasteiger partial charge in [-0.3, -0.25) is 4.79 Å². The predicted octanol–water partition coefficient (Wildman–Crippen LogP) is 4.19. The second-order valence-corrected chi connectivity index (χ2v) is 8.75. The van der Waals surface area contributed by atoms with Gasteiger partial charge in [-0.05, 0) is 61.4 Å². The number of anilines is 1. The van der Waals surface area contributed by atoms with E-state index in [1.807, 2.05) is 38.7 Å². The Morgan fingerprint density at radius 3 is 2.76 bits per heavy atom. The Bertz CT molecular complexity index is 1350. The number of methoxy groups -OCH3 is 1. The lowest BCUT2D eigenvalue weighted by Crippen LogP contribution is -2.14. The lowest BCUT2D eigenvalue weighted by Gasteiger charge is -2.13. The Labute approximate surface area is 195 Å². The average molecular weight is 469 g/mol. The molecular weight excluding hydrogens is 443 g/mol. The second kappa shape index (κ2) is 9.22. The molecule has 0 aliphatic rings. The molecular formula is C23H25FN6O2S. The molecule has 0 saturated carbocycles. The van der Waals surface area contributed by atoms with Crippen LogP contribution in [0.1, 0.15) is 23.2 Å². The van der Waals surface area contributed by atoms with Crippen LogP contribution in [0.15, 0.2) is 40.6 Å². The minimum atomic E-state index is -0.417.